The molecule has 2 aromatic rings. The van der Waals surface area contributed by atoms with E-state index in [0.29, 0.717) is 17.0 Å². The summed E-state index contributed by atoms with van der Waals surface area (Å²) in [6.45, 7) is 0.120. The molecule has 0 saturated heterocycles. The number of hydrogen-bond acceptors (Lipinski definition) is 4. The molecule has 0 saturated carbocycles. The normalized spacial score (nSPS) is 19.7. The topological polar surface area (TPSA) is 55.8 Å². The molecule has 2 heterocycles. The summed E-state index contributed by atoms with van der Waals surface area (Å²) in [5.41, 5.74) is 2.84. The van der Waals surface area contributed by atoms with Crippen molar-refractivity contribution in [2.45, 2.75) is 12.3 Å². The molecule has 5 heteroatoms. The molecule has 0 N–H and O–H groups in total. The minimum atomic E-state index is -0.351. The van der Waals surface area contributed by atoms with Gasteiger partial charge in [0.1, 0.15) is 12.4 Å². The van der Waals surface area contributed by atoms with E-state index < -0.39 is 0 Å². The lowest BCUT2D eigenvalue weighted by Gasteiger charge is -2.31. The number of methoxy groups -OCH3 is 1. The fourth-order valence-corrected chi connectivity index (χ4v) is 3.47. The molecule has 0 radical (unpaired) electrons. The number of carbonyl (C=O) groups is 2. The Kier molecular flexibility index (Phi) is 3.76. The first-order valence-corrected chi connectivity index (χ1v) is 8.11. The molecular weight excluding hydrogens is 318 g/mol. The molecule has 0 aromatic heterocycles. The van der Waals surface area contributed by atoms with Crippen molar-refractivity contribution in [3.05, 3.63) is 71.4 Å². The molecule has 5 nitrogen and oxygen atoms in total. The summed E-state index contributed by atoms with van der Waals surface area (Å²) in [5, 5.41) is 0. The van der Waals surface area contributed by atoms with Crippen LogP contribution in [0.4, 0.5) is 5.69 Å². The summed E-state index contributed by atoms with van der Waals surface area (Å²) in [6, 6.07) is 16.8. The van der Waals surface area contributed by atoms with Gasteiger partial charge < -0.3 is 9.47 Å². The van der Waals surface area contributed by atoms with Gasteiger partial charge in [-0.1, -0.05) is 30.3 Å². The van der Waals surface area contributed by atoms with Gasteiger partial charge in [0.2, 0.25) is 5.91 Å². The van der Waals surface area contributed by atoms with Gasteiger partial charge in [-0.05, 0) is 29.8 Å². The number of anilines is 1. The van der Waals surface area contributed by atoms with Gasteiger partial charge in [-0.3, -0.25) is 9.69 Å². The van der Waals surface area contributed by atoms with Gasteiger partial charge in [0.15, 0.2) is 0 Å². The zero-order valence-electron chi connectivity index (χ0n) is 13.8. The first kappa shape index (κ1) is 15.4. The zero-order chi connectivity index (χ0) is 17.4. The van der Waals surface area contributed by atoms with Gasteiger partial charge in [0.05, 0.1) is 18.4 Å². The van der Waals surface area contributed by atoms with E-state index in [9.17, 15) is 9.59 Å². The summed E-state index contributed by atoms with van der Waals surface area (Å²) in [6.07, 6.45) is 0.218. The van der Waals surface area contributed by atoms with Gasteiger partial charge in [0, 0.05) is 18.0 Å². The van der Waals surface area contributed by atoms with Crippen molar-refractivity contribution < 1.29 is 19.1 Å². The van der Waals surface area contributed by atoms with Crippen LogP contribution >= 0.6 is 0 Å². The summed E-state index contributed by atoms with van der Waals surface area (Å²) >= 11 is 0. The maximum Gasteiger partial charge on any atom is 0.336 e. The van der Waals surface area contributed by atoms with Crippen LogP contribution in [0, 0.1) is 0 Å². The zero-order valence-corrected chi connectivity index (χ0v) is 13.8. The van der Waals surface area contributed by atoms with E-state index in [1.54, 1.807) is 12.0 Å². The highest BCUT2D eigenvalue weighted by atomic mass is 16.5. The van der Waals surface area contributed by atoms with Gasteiger partial charge in [-0.15, -0.1) is 0 Å². The third-order valence-electron chi connectivity index (χ3n) is 4.63. The van der Waals surface area contributed by atoms with E-state index in [1.165, 1.54) is 0 Å². The smallest absolute Gasteiger partial charge is 0.336 e. The molecular formula is C20H17NO4. The molecule has 4 rings (SSSR count). The minimum absolute atomic E-state index is 0.0453. The Morgan fingerprint density at radius 1 is 1.08 bits per heavy atom. The summed E-state index contributed by atoms with van der Waals surface area (Å²) < 4.78 is 10.5. The Bertz CT molecular complexity index is 872. The van der Waals surface area contributed by atoms with Crippen LogP contribution in [-0.2, 0) is 14.3 Å². The number of benzene rings is 2. The first-order valence-electron chi connectivity index (χ1n) is 8.11. The lowest BCUT2D eigenvalue weighted by Crippen LogP contribution is -2.37. The molecule has 1 atom stereocenters. The van der Waals surface area contributed by atoms with Crippen LogP contribution in [0.25, 0.3) is 0 Å². The third-order valence-corrected chi connectivity index (χ3v) is 4.63. The molecule has 126 valence electrons. The van der Waals surface area contributed by atoms with Crippen molar-refractivity contribution in [1.29, 1.82) is 0 Å². The largest absolute Gasteiger partial charge is 0.497 e. The first-order chi connectivity index (χ1) is 12.2. The van der Waals surface area contributed by atoms with Gasteiger partial charge in [0.25, 0.3) is 0 Å². The SMILES string of the molecule is COc1cccc([C@H]2CC(=O)N(c3ccccc3)C3=C2C(=O)OC3)c1. The van der Waals surface area contributed by atoms with Crippen molar-refractivity contribution in [2.24, 2.45) is 0 Å². The number of para-hydroxylation sites is 1. The predicted molar refractivity (Wildman–Crippen MR) is 92.3 cm³/mol. The van der Waals surface area contributed by atoms with Crippen LogP contribution in [0.2, 0.25) is 0 Å². The molecule has 2 aliphatic heterocycles. The summed E-state index contributed by atoms with van der Waals surface area (Å²) in [4.78, 5) is 26.9. The highest BCUT2D eigenvalue weighted by Crippen LogP contribution is 2.42. The van der Waals surface area contributed by atoms with Crippen molar-refractivity contribution in [3.63, 3.8) is 0 Å². The Balaban J connectivity index is 1.82. The van der Waals surface area contributed by atoms with E-state index >= 15 is 0 Å². The molecule has 2 aliphatic rings. The van der Waals surface area contributed by atoms with Crippen molar-refractivity contribution in [3.8, 4) is 5.75 Å². The number of amides is 1. The van der Waals surface area contributed by atoms with Crippen LogP contribution in [0.15, 0.2) is 65.9 Å². The summed E-state index contributed by atoms with van der Waals surface area (Å²) in [5.74, 6) is -0.0103. The molecule has 0 aliphatic carbocycles. The van der Waals surface area contributed by atoms with Crippen LogP contribution in [0.1, 0.15) is 17.9 Å². The Labute approximate surface area is 145 Å². The van der Waals surface area contributed by atoms with Crippen LogP contribution < -0.4 is 9.64 Å². The highest BCUT2D eigenvalue weighted by molar-refractivity contribution is 6.06. The molecule has 25 heavy (non-hydrogen) atoms. The van der Waals surface area contributed by atoms with Crippen molar-refractivity contribution in [1.82, 2.24) is 0 Å². The van der Waals surface area contributed by atoms with E-state index in [1.807, 2.05) is 54.6 Å². The second-order valence-electron chi connectivity index (χ2n) is 6.03. The maximum atomic E-state index is 12.9. The maximum absolute atomic E-state index is 12.9. The third kappa shape index (κ3) is 2.58. The molecule has 0 spiro atoms. The summed E-state index contributed by atoms with van der Waals surface area (Å²) in [7, 11) is 1.59. The van der Waals surface area contributed by atoms with Gasteiger partial charge in [-0.2, -0.15) is 0 Å². The monoisotopic (exact) mass is 335 g/mol. The van der Waals surface area contributed by atoms with E-state index in [4.69, 9.17) is 9.47 Å². The minimum Gasteiger partial charge on any atom is -0.497 e. The van der Waals surface area contributed by atoms with E-state index in [0.717, 1.165) is 11.3 Å². The fourth-order valence-electron chi connectivity index (χ4n) is 3.47. The van der Waals surface area contributed by atoms with E-state index in [-0.39, 0.29) is 30.8 Å². The molecule has 0 bridgehead atoms. The van der Waals surface area contributed by atoms with Gasteiger partial charge >= 0.3 is 5.97 Å². The van der Waals surface area contributed by atoms with Crippen molar-refractivity contribution in [2.75, 3.05) is 18.6 Å². The highest BCUT2D eigenvalue weighted by Gasteiger charge is 2.42. The lowest BCUT2D eigenvalue weighted by atomic mass is 9.84. The molecule has 1 amide bonds. The molecule has 0 fully saturated rings. The number of ether oxygens (including phenoxy) is 2. The second kappa shape index (κ2) is 6.09. The van der Waals surface area contributed by atoms with E-state index in [2.05, 4.69) is 0 Å². The average molecular weight is 335 g/mol. The Morgan fingerprint density at radius 3 is 2.64 bits per heavy atom. The number of carbonyl (C=O) groups excluding carboxylic acids is 2. The quantitative estimate of drug-likeness (QED) is 0.809. The number of esters is 1. The number of hydrogen-bond donors (Lipinski definition) is 0. The fraction of sp³-hybridized carbons (Fsp3) is 0.200. The second-order valence-corrected chi connectivity index (χ2v) is 6.03. The van der Waals surface area contributed by atoms with Crippen molar-refractivity contribution >= 4 is 17.6 Å². The van der Waals surface area contributed by atoms with Crippen LogP contribution in [0.5, 0.6) is 5.75 Å². The Hall–Kier alpha value is -3.08. The number of cyclic esters (lactones) is 1. The lowest BCUT2D eigenvalue weighted by molar-refractivity contribution is -0.136. The predicted octanol–water partition coefficient (Wildman–Crippen LogP) is 3.03. The average Bonchev–Trinajstić information content (AvgIpc) is 3.03. The Morgan fingerprint density at radius 2 is 1.88 bits per heavy atom. The van der Waals surface area contributed by atoms with Gasteiger partial charge in [-0.25, -0.2) is 4.79 Å². The number of nitrogens with zero attached hydrogens (tertiary/aromatic N) is 1. The van der Waals surface area contributed by atoms with Crippen LogP contribution in [-0.4, -0.2) is 25.6 Å². The van der Waals surface area contributed by atoms with Crippen LogP contribution in [0.3, 0.4) is 0 Å². The molecule has 2 aromatic carbocycles. The molecule has 0 unspecified atom stereocenters. The number of rotatable bonds is 3. The standard InChI is InChI=1S/C20H17NO4/c1-24-15-9-5-6-13(10-15)16-11-18(22)21(14-7-3-2-4-8-14)17-12-25-20(23)19(16)17/h2-10,16H,11-12H2,1H3/t16-/m1/s1.